The number of rotatable bonds is 8. The van der Waals surface area contributed by atoms with E-state index in [1.165, 1.54) is 24.3 Å². The van der Waals surface area contributed by atoms with E-state index in [-0.39, 0.29) is 29.5 Å². The first kappa shape index (κ1) is 24.6. The Bertz CT molecular complexity index is 1630. The van der Waals surface area contributed by atoms with E-state index >= 15 is 0 Å². The fourth-order valence-corrected chi connectivity index (χ4v) is 4.19. The molecule has 0 aliphatic carbocycles. The standard InChI is InChI=1S/C30H24N2O6/c1-19-12-20(2)14-25(13-19)37-26-16-22(15-23(17-26)32(34)35)31-30(33)29-11-10-24(38-29)18-36-28-9-5-7-21-6-3-4-8-27(21)28/h3-17H,18H2,1-2H3,(H,31,33). The molecule has 8 nitrogen and oxygen atoms in total. The van der Waals surface area contributed by atoms with Crippen molar-refractivity contribution in [3.8, 4) is 17.2 Å². The highest BCUT2D eigenvalue weighted by molar-refractivity contribution is 6.02. The quantitative estimate of drug-likeness (QED) is 0.171. The molecule has 38 heavy (non-hydrogen) atoms. The number of hydrogen-bond donors (Lipinski definition) is 1. The Hall–Kier alpha value is -5.11. The molecule has 1 N–H and O–H groups in total. The molecule has 0 aliphatic heterocycles. The van der Waals surface area contributed by atoms with Crippen LogP contribution < -0.4 is 14.8 Å². The van der Waals surface area contributed by atoms with Gasteiger partial charge in [-0.05, 0) is 60.7 Å². The van der Waals surface area contributed by atoms with Crippen LogP contribution in [-0.2, 0) is 6.61 Å². The number of nitro benzene ring substituents is 1. The number of benzene rings is 4. The Morgan fingerprint density at radius 1 is 0.895 bits per heavy atom. The van der Waals surface area contributed by atoms with Crippen LogP contribution in [0.3, 0.4) is 0 Å². The number of furan rings is 1. The molecular weight excluding hydrogens is 484 g/mol. The SMILES string of the molecule is Cc1cc(C)cc(Oc2cc(NC(=O)c3ccc(COc4cccc5ccccc45)o3)cc([N+](=O)[O-])c2)c1. The molecule has 0 saturated carbocycles. The number of carbonyl (C=O) groups is 1. The number of carbonyl (C=O) groups excluding carboxylic acids is 1. The third-order valence-electron chi connectivity index (χ3n) is 5.80. The summed E-state index contributed by atoms with van der Waals surface area (Å²) in [5.41, 5.74) is 1.98. The summed E-state index contributed by atoms with van der Waals surface area (Å²) in [6.07, 6.45) is 0. The predicted molar refractivity (Wildman–Crippen MR) is 144 cm³/mol. The number of nitrogens with zero attached hydrogens (tertiary/aromatic N) is 1. The van der Waals surface area contributed by atoms with E-state index in [0.717, 1.165) is 21.9 Å². The summed E-state index contributed by atoms with van der Waals surface area (Å²) < 4.78 is 17.5. The van der Waals surface area contributed by atoms with Crippen molar-refractivity contribution >= 4 is 28.1 Å². The molecule has 8 heteroatoms. The zero-order chi connectivity index (χ0) is 26.6. The Kier molecular flexibility index (Phi) is 6.78. The van der Waals surface area contributed by atoms with Gasteiger partial charge in [-0.3, -0.25) is 14.9 Å². The van der Waals surface area contributed by atoms with Crippen LogP contribution in [0.4, 0.5) is 11.4 Å². The summed E-state index contributed by atoms with van der Waals surface area (Å²) in [6.45, 7) is 4.00. The second-order valence-electron chi connectivity index (χ2n) is 8.88. The zero-order valence-corrected chi connectivity index (χ0v) is 20.8. The van der Waals surface area contributed by atoms with Gasteiger partial charge in [0.15, 0.2) is 5.76 Å². The summed E-state index contributed by atoms with van der Waals surface area (Å²) in [4.78, 5) is 23.8. The number of hydrogen-bond acceptors (Lipinski definition) is 6. The molecule has 0 saturated heterocycles. The molecule has 5 aromatic rings. The normalized spacial score (nSPS) is 10.8. The van der Waals surface area contributed by atoms with Crippen LogP contribution in [0.15, 0.2) is 95.4 Å². The van der Waals surface area contributed by atoms with Gasteiger partial charge in [0.1, 0.15) is 29.6 Å². The van der Waals surface area contributed by atoms with Crippen molar-refractivity contribution in [2.75, 3.05) is 5.32 Å². The largest absolute Gasteiger partial charge is 0.485 e. The highest BCUT2D eigenvalue weighted by atomic mass is 16.6. The van der Waals surface area contributed by atoms with E-state index in [0.29, 0.717) is 17.3 Å². The van der Waals surface area contributed by atoms with Gasteiger partial charge in [-0.15, -0.1) is 0 Å². The monoisotopic (exact) mass is 508 g/mol. The molecule has 0 fully saturated rings. The molecule has 0 radical (unpaired) electrons. The summed E-state index contributed by atoms with van der Waals surface area (Å²) in [6, 6.07) is 26.6. The number of aryl methyl sites for hydroxylation is 2. The number of non-ortho nitro benzene ring substituents is 1. The number of anilines is 1. The van der Waals surface area contributed by atoms with Crippen molar-refractivity contribution in [3.05, 3.63) is 124 Å². The van der Waals surface area contributed by atoms with Crippen LogP contribution in [0, 0.1) is 24.0 Å². The summed E-state index contributed by atoms with van der Waals surface area (Å²) in [5.74, 6) is 1.42. The molecule has 1 amide bonds. The van der Waals surface area contributed by atoms with Crippen molar-refractivity contribution < 1.29 is 23.6 Å². The molecule has 1 aromatic heterocycles. The van der Waals surface area contributed by atoms with E-state index in [1.54, 1.807) is 6.07 Å². The van der Waals surface area contributed by atoms with Gasteiger partial charge in [-0.2, -0.15) is 0 Å². The van der Waals surface area contributed by atoms with Crippen molar-refractivity contribution in [2.45, 2.75) is 20.5 Å². The van der Waals surface area contributed by atoms with Crippen LogP contribution in [0.5, 0.6) is 17.2 Å². The fraction of sp³-hybridized carbons (Fsp3) is 0.100. The summed E-state index contributed by atoms with van der Waals surface area (Å²) in [7, 11) is 0. The minimum Gasteiger partial charge on any atom is -0.485 e. The second-order valence-corrected chi connectivity index (χ2v) is 8.88. The molecule has 0 aliphatic rings. The van der Waals surface area contributed by atoms with E-state index in [4.69, 9.17) is 13.9 Å². The van der Waals surface area contributed by atoms with Crippen LogP contribution in [-0.4, -0.2) is 10.8 Å². The van der Waals surface area contributed by atoms with Gasteiger partial charge in [0, 0.05) is 17.5 Å². The van der Waals surface area contributed by atoms with Crippen LogP contribution in [0.25, 0.3) is 10.8 Å². The molecule has 4 aromatic carbocycles. The van der Waals surface area contributed by atoms with Crippen molar-refractivity contribution in [1.29, 1.82) is 0 Å². The summed E-state index contributed by atoms with van der Waals surface area (Å²) in [5, 5.41) is 16.2. The van der Waals surface area contributed by atoms with Gasteiger partial charge in [-0.25, -0.2) is 0 Å². The lowest BCUT2D eigenvalue weighted by Gasteiger charge is -2.10. The number of fused-ring (bicyclic) bond motifs is 1. The van der Waals surface area contributed by atoms with Gasteiger partial charge >= 0.3 is 0 Å². The highest BCUT2D eigenvalue weighted by Gasteiger charge is 2.17. The Labute approximate surface area is 218 Å². The number of nitro groups is 1. The maximum absolute atomic E-state index is 12.9. The maximum atomic E-state index is 12.9. The van der Waals surface area contributed by atoms with Crippen LogP contribution in [0.1, 0.15) is 27.4 Å². The van der Waals surface area contributed by atoms with E-state index in [2.05, 4.69) is 5.32 Å². The maximum Gasteiger partial charge on any atom is 0.291 e. The number of ether oxygens (including phenoxy) is 2. The Morgan fingerprint density at radius 3 is 2.42 bits per heavy atom. The van der Waals surface area contributed by atoms with Gasteiger partial charge < -0.3 is 19.2 Å². The minimum absolute atomic E-state index is 0.0461. The average molecular weight is 509 g/mol. The molecule has 1 heterocycles. The fourth-order valence-electron chi connectivity index (χ4n) is 4.19. The van der Waals surface area contributed by atoms with Crippen molar-refractivity contribution in [3.63, 3.8) is 0 Å². The van der Waals surface area contributed by atoms with Crippen molar-refractivity contribution in [2.24, 2.45) is 0 Å². The average Bonchev–Trinajstić information content (AvgIpc) is 3.36. The molecule has 0 atom stereocenters. The van der Waals surface area contributed by atoms with Gasteiger partial charge in [0.2, 0.25) is 0 Å². The third-order valence-corrected chi connectivity index (χ3v) is 5.80. The molecule has 0 bridgehead atoms. The molecule has 5 rings (SSSR count). The van der Waals surface area contributed by atoms with E-state index in [1.807, 2.05) is 74.5 Å². The lowest BCUT2D eigenvalue weighted by Crippen LogP contribution is -2.11. The molecule has 190 valence electrons. The van der Waals surface area contributed by atoms with Crippen LogP contribution in [0.2, 0.25) is 0 Å². The minimum atomic E-state index is -0.556. The third kappa shape index (κ3) is 5.65. The lowest BCUT2D eigenvalue weighted by molar-refractivity contribution is -0.384. The first-order valence-corrected chi connectivity index (χ1v) is 11.9. The predicted octanol–water partition coefficient (Wildman–Crippen LogP) is 7.58. The van der Waals surface area contributed by atoms with Gasteiger partial charge in [0.05, 0.1) is 16.7 Å². The van der Waals surface area contributed by atoms with E-state index in [9.17, 15) is 14.9 Å². The molecular formula is C30H24N2O6. The summed E-state index contributed by atoms with van der Waals surface area (Å²) >= 11 is 0. The van der Waals surface area contributed by atoms with Gasteiger partial charge in [0.25, 0.3) is 11.6 Å². The first-order valence-electron chi connectivity index (χ1n) is 11.9. The van der Waals surface area contributed by atoms with Gasteiger partial charge in [-0.1, -0.05) is 42.5 Å². The Morgan fingerprint density at radius 2 is 1.63 bits per heavy atom. The molecule has 0 spiro atoms. The van der Waals surface area contributed by atoms with Crippen molar-refractivity contribution in [1.82, 2.24) is 0 Å². The number of amides is 1. The lowest BCUT2D eigenvalue weighted by atomic mass is 10.1. The topological polar surface area (TPSA) is 104 Å². The Balaban J connectivity index is 1.30. The second kappa shape index (κ2) is 10.5. The zero-order valence-electron chi connectivity index (χ0n) is 20.8. The number of nitrogens with one attached hydrogen (secondary N) is 1. The van der Waals surface area contributed by atoms with E-state index < -0.39 is 10.8 Å². The smallest absolute Gasteiger partial charge is 0.291 e. The first-order chi connectivity index (χ1) is 18.3. The van der Waals surface area contributed by atoms with Crippen LogP contribution >= 0.6 is 0 Å². The molecule has 0 unspecified atom stereocenters. The highest BCUT2D eigenvalue weighted by Crippen LogP contribution is 2.31.